The lowest BCUT2D eigenvalue weighted by Gasteiger charge is -2.41. The molecular weight excluding hydrogens is 926 g/mol. The van der Waals surface area contributed by atoms with E-state index < -0.39 is 29.4 Å². The van der Waals surface area contributed by atoms with Gasteiger partial charge in [-0.1, -0.05) is 82.1 Å². The first kappa shape index (κ1) is 50.3. The largest absolute Gasteiger partial charge is 0.389 e. The molecule has 73 heavy (non-hydrogen) atoms. The van der Waals surface area contributed by atoms with Gasteiger partial charge in [-0.2, -0.15) is 0 Å². The highest BCUT2D eigenvalue weighted by Crippen LogP contribution is 2.39. The number of aromatic nitrogens is 2. The van der Waals surface area contributed by atoms with E-state index in [1.165, 1.54) is 51.0 Å². The Morgan fingerprint density at radius 3 is 2.19 bits per heavy atom. The van der Waals surface area contributed by atoms with Crippen LogP contribution in [0.5, 0.6) is 0 Å². The third kappa shape index (κ3) is 11.1. The van der Waals surface area contributed by atoms with E-state index in [1.807, 2.05) is 29.1 Å². The number of anilines is 3. The summed E-state index contributed by atoms with van der Waals surface area (Å²) in [5.74, 6) is -1.53. The number of carbonyl (C=O) groups is 5. The highest BCUT2D eigenvalue weighted by Gasteiger charge is 2.43. The molecule has 1 aromatic heterocycles. The number of piperidine rings is 2. The van der Waals surface area contributed by atoms with Crippen molar-refractivity contribution in [3.05, 3.63) is 94.8 Å². The van der Waals surface area contributed by atoms with Crippen LogP contribution in [0.15, 0.2) is 60.9 Å². The van der Waals surface area contributed by atoms with Gasteiger partial charge in [0.2, 0.25) is 23.6 Å². The molecule has 4 N–H and O–H groups in total. The molecular formula is C57H72FN9O6. The Labute approximate surface area is 428 Å². The number of piperazine rings is 1. The third-order valence-electron chi connectivity index (χ3n) is 16.6. The number of aliphatic hydroxyl groups is 1. The van der Waals surface area contributed by atoms with Crippen LogP contribution < -0.4 is 25.8 Å². The van der Waals surface area contributed by atoms with Crippen molar-refractivity contribution >= 4 is 46.6 Å². The maximum Gasteiger partial charge on any atom is 0.255 e. The van der Waals surface area contributed by atoms with Crippen molar-refractivity contribution in [2.24, 2.45) is 0 Å². The summed E-state index contributed by atoms with van der Waals surface area (Å²) in [6.45, 7) is 6.34. The molecule has 2 unspecified atom stereocenters. The number of rotatable bonds is 11. The zero-order valence-electron chi connectivity index (χ0n) is 42.4. The second kappa shape index (κ2) is 22.0. The van der Waals surface area contributed by atoms with E-state index in [-0.39, 0.29) is 42.5 Å². The third-order valence-corrected chi connectivity index (χ3v) is 16.6. The number of nitrogens with one attached hydrogen (secondary N) is 3. The Balaban J connectivity index is 0.738. The molecule has 1 saturated carbocycles. The average Bonchev–Trinajstić information content (AvgIpc) is 4.10. The number of hydrogen-bond acceptors (Lipinski definition) is 10. The number of fused-ring (bicyclic) bond motifs is 2. The van der Waals surface area contributed by atoms with Gasteiger partial charge in [-0.3, -0.25) is 29.3 Å². The van der Waals surface area contributed by atoms with Crippen molar-refractivity contribution in [3.63, 3.8) is 0 Å². The van der Waals surface area contributed by atoms with Gasteiger partial charge >= 0.3 is 0 Å². The maximum absolute atomic E-state index is 15.3. The van der Waals surface area contributed by atoms with Crippen LogP contribution in [0.4, 0.5) is 21.5 Å². The number of imidazole rings is 1. The predicted octanol–water partition coefficient (Wildman–Crippen LogP) is 7.72. The molecule has 10 rings (SSSR count). The summed E-state index contributed by atoms with van der Waals surface area (Å²) in [6.07, 6.45) is 17.8. The Hall–Kier alpha value is -6.29. The maximum atomic E-state index is 15.3. The number of aryl methyl sites for hydroxylation is 1. The van der Waals surface area contributed by atoms with Crippen LogP contribution in [0.3, 0.4) is 0 Å². The minimum Gasteiger partial charge on any atom is -0.389 e. The number of imide groups is 1. The average molecular weight is 998 g/mol. The van der Waals surface area contributed by atoms with Crippen molar-refractivity contribution in [3.8, 4) is 11.1 Å². The van der Waals surface area contributed by atoms with Crippen molar-refractivity contribution in [2.45, 2.75) is 159 Å². The first-order valence-corrected chi connectivity index (χ1v) is 27.2. The van der Waals surface area contributed by atoms with Gasteiger partial charge in [0.15, 0.2) is 6.04 Å². The van der Waals surface area contributed by atoms with Gasteiger partial charge in [0, 0.05) is 87.5 Å². The lowest BCUT2D eigenvalue weighted by Crippen LogP contribution is -2.52. The molecule has 4 fully saturated rings. The van der Waals surface area contributed by atoms with Gasteiger partial charge in [-0.25, -0.2) is 9.37 Å². The summed E-state index contributed by atoms with van der Waals surface area (Å²) in [6, 6.07) is 15.9. The Kier molecular flexibility index (Phi) is 15.2. The zero-order valence-corrected chi connectivity index (χ0v) is 42.4. The van der Waals surface area contributed by atoms with Crippen LogP contribution in [0.25, 0.3) is 11.1 Å². The molecule has 388 valence electrons. The minimum atomic E-state index is -1.19. The summed E-state index contributed by atoms with van der Waals surface area (Å²) in [5.41, 5.74) is 6.91. The molecule has 3 aromatic carbocycles. The highest BCUT2D eigenvalue weighted by atomic mass is 19.1. The van der Waals surface area contributed by atoms with Crippen molar-refractivity contribution < 1.29 is 33.5 Å². The lowest BCUT2D eigenvalue weighted by atomic mass is 9.87. The molecule has 6 heterocycles. The summed E-state index contributed by atoms with van der Waals surface area (Å²) in [5, 5.41) is 20.3. The molecule has 5 amide bonds. The fraction of sp³-hybridized carbons (Fsp3) is 0.544. The van der Waals surface area contributed by atoms with E-state index in [2.05, 4.69) is 55.7 Å². The second-order valence-electron chi connectivity index (χ2n) is 21.6. The van der Waals surface area contributed by atoms with Crippen molar-refractivity contribution in [1.29, 1.82) is 0 Å². The van der Waals surface area contributed by atoms with Crippen LogP contribution in [-0.4, -0.2) is 111 Å². The van der Waals surface area contributed by atoms with Crippen LogP contribution in [0.1, 0.15) is 148 Å². The van der Waals surface area contributed by atoms with E-state index in [4.69, 9.17) is 4.98 Å². The molecule has 5 aliphatic heterocycles. The van der Waals surface area contributed by atoms with Crippen LogP contribution >= 0.6 is 0 Å². The minimum absolute atomic E-state index is 0.00693. The number of halogens is 1. The Bertz CT molecular complexity index is 2680. The lowest BCUT2D eigenvalue weighted by molar-refractivity contribution is -0.138. The molecule has 0 radical (unpaired) electrons. The van der Waals surface area contributed by atoms with E-state index in [0.717, 1.165) is 78.7 Å². The number of benzene rings is 3. The number of nitrogens with zero attached hydrogens (tertiary/aromatic N) is 6. The predicted molar refractivity (Wildman–Crippen MR) is 278 cm³/mol. The molecule has 0 bridgehead atoms. The fourth-order valence-electron chi connectivity index (χ4n) is 12.3. The molecule has 16 heteroatoms. The van der Waals surface area contributed by atoms with Crippen molar-refractivity contribution in [2.75, 3.05) is 54.4 Å². The van der Waals surface area contributed by atoms with Gasteiger partial charge in [0.1, 0.15) is 11.9 Å². The molecule has 0 spiro atoms. The first-order valence-electron chi connectivity index (χ1n) is 27.2. The van der Waals surface area contributed by atoms with Crippen LogP contribution in [0, 0.1) is 12.7 Å². The SMILES string of the molecule is Cc1c(-c2ccc(N3CCN(C(=O)CC4(O)CCN(c5ccc(NC6CCC(=O)NC6=O)cc5F)CC4)CC3)cc2)ccc2c1C(=O)N(C(C(=O)NC1CCCCCCCCCCC1)c1ncn3c1CCC3)C2. The number of amides is 5. The van der Waals surface area contributed by atoms with E-state index in [9.17, 15) is 29.1 Å². The Morgan fingerprint density at radius 2 is 1.51 bits per heavy atom. The quantitative estimate of drug-likeness (QED) is 0.109. The van der Waals surface area contributed by atoms with Gasteiger partial charge < -0.3 is 39.9 Å². The summed E-state index contributed by atoms with van der Waals surface area (Å²) >= 11 is 0. The van der Waals surface area contributed by atoms with E-state index in [0.29, 0.717) is 87.7 Å². The molecule has 6 aliphatic rings. The molecule has 1 aliphatic carbocycles. The number of hydrogen-bond donors (Lipinski definition) is 4. The Morgan fingerprint density at radius 1 is 0.808 bits per heavy atom. The van der Waals surface area contributed by atoms with Gasteiger partial charge in [0.05, 0.1) is 29.7 Å². The topological polar surface area (TPSA) is 172 Å². The molecule has 4 aromatic rings. The van der Waals surface area contributed by atoms with Gasteiger partial charge in [0.25, 0.3) is 5.91 Å². The smallest absolute Gasteiger partial charge is 0.255 e. The molecule has 2 atom stereocenters. The summed E-state index contributed by atoms with van der Waals surface area (Å²) in [4.78, 5) is 79.2. The summed E-state index contributed by atoms with van der Waals surface area (Å²) in [7, 11) is 0. The standard InChI is InChI=1S/C57H72FN9O6/c1-38-44(21-17-40-36-67(56(72)51(38)40)53(52-48-14-11-27-66(48)37-59-52)55(71)61-41-12-9-7-5-3-2-4-6-8-10-13-41)39-15-19-43(20-16-39)63-30-32-65(33-31-63)50(69)35-57(73)25-28-64(29-26-57)47-23-18-42(34-45(47)58)60-46-22-24-49(68)62-54(46)70/h15-21,23,34,37,41,46,53,60,73H,2-14,22,24-33,35-36H2,1H3,(H,61,71)(H,62,68,70). The van der Waals surface area contributed by atoms with Crippen molar-refractivity contribution in [1.82, 2.24) is 30.0 Å². The molecule has 3 saturated heterocycles. The van der Waals surface area contributed by atoms with E-state index in [1.54, 1.807) is 17.0 Å². The van der Waals surface area contributed by atoms with Gasteiger partial charge in [-0.05, 0) is 104 Å². The van der Waals surface area contributed by atoms with Crippen LogP contribution in [0.2, 0.25) is 0 Å². The second-order valence-corrected chi connectivity index (χ2v) is 21.6. The van der Waals surface area contributed by atoms with Gasteiger partial charge in [-0.15, -0.1) is 0 Å². The zero-order chi connectivity index (χ0) is 50.6. The number of carbonyl (C=O) groups excluding carboxylic acids is 5. The highest BCUT2D eigenvalue weighted by molar-refractivity contribution is 6.04. The summed E-state index contributed by atoms with van der Waals surface area (Å²) < 4.78 is 17.5. The van der Waals surface area contributed by atoms with Crippen LogP contribution in [-0.2, 0) is 38.7 Å². The normalized spacial score (nSPS) is 21.5. The van der Waals surface area contributed by atoms with E-state index >= 15 is 4.39 Å². The fourth-order valence-corrected chi connectivity index (χ4v) is 12.3. The monoisotopic (exact) mass is 998 g/mol. The first-order chi connectivity index (χ1) is 35.4. The molecule has 15 nitrogen and oxygen atoms in total.